The highest BCUT2D eigenvalue weighted by molar-refractivity contribution is 6.32. The van der Waals surface area contributed by atoms with Gasteiger partial charge in [-0.05, 0) is 24.6 Å². The Morgan fingerprint density at radius 2 is 2.15 bits per heavy atom. The average Bonchev–Trinajstić information content (AvgIpc) is 2.45. The second-order valence-corrected chi connectivity index (χ2v) is 4.56. The third kappa shape index (κ3) is 3.40. The second-order valence-electron chi connectivity index (χ2n) is 4.20. The summed E-state index contributed by atoms with van der Waals surface area (Å²) in [7, 11) is 0. The highest BCUT2D eigenvalue weighted by Gasteiger charge is 2.07. The first-order valence-corrected chi connectivity index (χ1v) is 6.53. The molecule has 0 fully saturated rings. The summed E-state index contributed by atoms with van der Waals surface area (Å²) in [5.41, 5.74) is 2.80. The smallest absolute Gasteiger partial charge is 0.174 e. The molecule has 4 nitrogen and oxygen atoms in total. The molecule has 0 aliphatic heterocycles. The molecule has 5 heteroatoms. The second kappa shape index (κ2) is 6.78. The van der Waals surface area contributed by atoms with Gasteiger partial charge in [0.25, 0.3) is 0 Å². The van der Waals surface area contributed by atoms with Crippen LogP contribution in [0.15, 0.2) is 36.5 Å². The summed E-state index contributed by atoms with van der Waals surface area (Å²) >= 11 is 6.07. The standard InChI is InChI=1S/C15H14ClN3O/c1-11-6-8-18-15(16)14(11)19-10-12-4-2-3-5-13(12)20-9-7-17/h2-6,8,19H,9-10H2,1H3. The molecule has 1 N–H and O–H groups in total. The van der Waals surface area contributed by atoms with Gasteiger partial charge in [0.1, 0.15) is 11.8 Å². The Balaban J connectivity index is 2.13. The summed E-state index contributed by atoms with van der Waals surface area (Å²) in [6.07, 6.45) is 1.67. The third-order valence-electron chi connectivity index (χ3n) is 2.83. The fourth-order valence-corrected chi connectivity index (χ4v) is 2.09. The van der Waals surface area contributed by atoms with E-state index in [0.29, 0.717) is 17.4 Å². The number of anilines is 1. The van der Waals surface area contributed by atoms with Crippen LogP contribution >= 0.6 is 11.6 Å². The first-order chi connectivity index (χ1) is 9.72. The highest BCUT2D eigenvalue weighted by atomic mass is 35.5. The Labute approximate surface area is 123 Å². The molecule has 102 valence electrons. The van der Waals surface area contributed by atoms with E-state index >= 15 is 0 Å². The van der Waals surface area contributed by atoms with Crippen LogP contribution in [0.4, 0.5) is 5.69 Å². The van der Waals surface area contributed by atoms with Crippen LogP contribution in [0, 0.1) is 18.3 Å². The number of pyridine rings is 1. The first-order valence-electron chi connectivity index (χ1n) is 6.15. The summed E-state index contributed by atoms with van der Waals surface area (Å²) in [4.78, 5) is 4.05. The number of rotatable bonds is 5. The number of ether oxygens (including phenoxy) is 1. The molecule has 2 aromatic rings. The summed E-state index contributed by atoms with van der Waals surface area (Å²) in [5, 5.41) is 12.3. The summed E-state index contributed by atoms with van der Waals surface area (Å²) in [5.74, 6) is 0.694. The molecule has 0 saturated heterocycles. The molecule has 0 atom stereocenters. The van der Waals surface area contributed by atoms with Gasteiger partial charge in [0.05, 0.1) is 5.69 Å². The minimum atomic E-state index is 0.0314. The van der Waals surface area contributed by atoms with E-state index in [-0.39, 0.29) is 6.61 Å². The van der Waals surface area contributed by atoms with Crippen LogP contribution in [0.3, 0.4) is 0 Å². The van der Waals surface area contributed by atoms with Crippen molar-refractivity contribution < 1.29 is 4.74 Å². The van der Waals surface area contributed by atoms with E-state index in [9.17, 15) is 0 Å². The predicted octanol–water partition coefficient (Wildman–Crippen LogP) is 3.56. The molecule has 0 spiro atoms. The number of nitrogens with one attached hydrogen (secondary N) is 1. The molecular weight excluding hydrogens is 274 g/mol. The predicted molar refractivity (Wildman–Crippen MR) is 78.9 cm³/mol. The fraction of sp³-hybridized carbons (Fsp3) is 0.200. The number of halogens is 1. The van der Waals surface area contributed by atoms with Crippen LogP contribution in [0.1, 0.15) is 11.1 Å². The van der Waals surface area contributed by atoms with Crippen LogP contribution in [0.2, 0.25) is 5.15 Å². The lowest BCUT2D eigenvalue weighted by atomic mass is 10.2. The van der Waals surface area contributed by atoms with E-state index in [0.717, 1.165) is 16.8 Å². The Hall–Kier alpha value is -2.25. The summed E-state index contributed by atoms with van der Waals surface area (Å²) < 4.78 is 5.39. The summed E-state index contributed by atoms with van der Waals surface area (Å²) in [6.45, 7) is 2.55. The largest absolute Gasteiger partial charge is 0.478 e. The quantitative estimate of drug-likeness (QED) is 0.854. The number of hydrogen-bond donors (Lipinski definition) is 1. The van der Waals surface area contributed by atoms with Gasteiger partial charge in [-0.15, -0.1) is 0 Å². The number of aryl methyl sites for hydroxylation is 1. The van der Waals surface area contributed by atoms with Gasteiger partial charge in [0, 0.05) is 18.3 Å². The topological polar surface area (TPSA) is 57.9 Å². The molecule has 1 aromatic carbocycles. The highest BCUT2D eigenvalue weighted by Crippen LogP contribution is 2.25. The van der Waals surface area contributed by atoms with E-state index in [1.165, 1.54) is 0 Å². The number of para-hydroxylation sites is 1. The SMILES string of the molecule is Cc1ccnc(Cl)c1NCc1ccccc1OCC#N. The van der Waals surface area contributed by atoms with Crippen molar-refractivity contribution in [3.05, 3.63) is 52.8 Å². The number of hydrogen-bond acceptors (Lipinski definition) is 4. The van der Waals surface area contributed by atoms with Crippen molar-refractivity contribution in [3.8, 4) is 11.8 Å². The Morgan fingerprint density at radius 1 is 1.35 bits per heavy atom. The minimum Gasteiger partial charge on any atom is -0.478 e. The van der Waals surface area contributed by atoms with Crippen molar-refractivity contribution in [2.75, 3.05) is 11.9 Å². The van der Waals surface area contributed by atoms with Crippen LogP contribution < -0.4 is 10.1 Å². The van der Waals surface area contributed by atoms with Crippen molar-refractivity contribution in [1.82, 2.24) is 4.98 Å². The Morgan fingerprint density at radius 3 is 2.90 bits per heavy atom. The van der Waals surface area contributed by atoms with Gasteiger partial charge < -0.3 is 10.1 Å². The number of aromatic nitrogens is 1. The van der Waals surface area contributed by atoms with Gasteiger partial charge in [-0.1, -0.05) is 29.8 Å². The Bertz CT molecular complexity index is 617. The molecule has 0 saturated carbocycles. The Kier molecular flexibility index (Phi) is 4.80. The molecule has 0 unspecified atom stereocenters. The van der Waals surface area contributed by atoms with Crippen molar-refractivity contribution in [2.45, 2.75) is 13.5 Å². The zero-order valence-electron chi connectivity index (χ0n) is 11.1. The van der Waals surface area contributed by atoms with E-state index in [1.807, 2.05) is 43.3 Å². The zero-order valence-corrected chi connectivity index (χ0v) is 11.8. The van der Waals surface area contributed by atoms with Gasteiger partial charge in [-0.25, -0.2) is 4.98 Å². The lowest BCUT2D eigenvalue weighted by Gasteiger charge is -2.13. The van der Waals surface area contributed by atoms with Gasteiger partial charge in [0.15, 0.2) is 11.8 Å². The van der Waals surface area contributed by atoms with Crippen molar-refractivity contribution in [3.63, 3.8) is 0 Å². The zero-order chi connectivity index (χ0) is 14.4. The average molecular weight is 288 g/mol. The van der Waals surface area contributed by atoms with Crippen LogP contribution in [0.25, 0.3) is 0 Å². The molecule has 20 heavy (non-hydrogen) atoms. The normalized spacial score (nSPS) is 9.85. The molecule has 1 heterocycles. The molecule has 0 aliphatic rings. The van der Waals surface area contributed by atoms with Crippen molar-refractivity contribution in [1.29, 1.82) is 5.26 Å². The van der Waals surface area contributed by atoms with Crippen molar-refractivity contribution in [2.24, 2.45) is 0 Å². The van der Waals surface area contributed by atoms with Crippen molar-refractivity contribution >= 4 is 17.3 Å². The van der Waals surface area contributed by atoms with E-state index in [2.05, 4.69) is 10.3 Å². The van der Waals surface area contributed by atoms with E-state index < -0.39 is 0 Å². The maximum absolute atomic E-state index is 8.58. The first kappa shape index (κ1) is 14.2. The van der Waals surface area contributed by atoms with Crippen LogP contribution in [-0.2, 0) is 6.54 Å². The monoisotopic (exact) mass is 287 g/mol. The summed E-state index contributed by atoms with van der Waals surface area (Å²) in [6, 6.07) is 11.4. The molecule has 0 radical (unpaired) electrons. The van der Waals surface area contributed by atoms with Gasteiger partial charge in [-0.2, -0.15) is 5.26 Å². The van der Waals surface area contributed by atoms with Crippen LogP contribution in [0.5, 0.6) is 5.75 Å². The van der Waals surface area contributed by atoms with E-state index in [4.69, 9.17) is 21.6 Å². The lowest BCUT2D eigenvalue weighted by molar-refractivity contribution is 0.364. The molecule has 0 bridgehead atoms. The fourth-order valence-electron chi connectivity index (χ4n) is 1.82. The van der Waals surface area contributed by atoms with E-state index in [1.54, 1.807) is 6.20 Å². The molecule has 0 aliphatic carbocycles. The lowest BCUT2D eigenvalue weighted by Crippen LogP contribution is -2.05. The maximum atomic E-state index is 8.58. The van der Waals surface area contributed by atoms with Gasteiger partial charge in [-0.3, -0.25) is 0 Å². The number of benzene rings is 1. The maximum Gasteiger partial charge on any atom is 0.174 e. The molecule has 2 rings (SSSR count). The third-order valence-corrected chi connectivity index (χ3v) is 3.12. The molecular formula is C15H14ClN3O. The molecule has 1 aromatic heterocycles. The van der Waals surface area contributed by atoms with Gasteiger partial charge >= 0.3 is 0 Å². The minimum absolute atomic E-state index is 0.0314. The number of nitriles is 1. The van der Waals surface area contributed by atoms with Crippen LogP contribution in [-0.4, -0.2) is 11.6 Å². The molecule has 0 amide bonds. The van der Waals surface area contributed by atoms with Gasteiger partial charge in [0.2, 0.25) is 0 Å². The number of nitrogens with zero attached hydrogens (tertiary/aromatic N) is 2.